The molecule has 0 aromatic carbocycles. The second-order valence-corrected chi connectivity index (χ2v) is 4.20. The van der Waals surface area contributed by atoms with Crippen molar-refractivity contribution in [1.82, 2.24) is 15.6 Å². The van der Waals surface area contributed by atoms with Crippen LogP contribution in [0.1, 0.15) is 31.5 Å². The molecule has 0 aliphatic heterocycles. The van der Waals surface area contributed by atoms with Crippen LogP contribution in [-0.4, -0.2) is 37.2 Å². The zero-order valence-electron chi connectivity index (χ0n) is 11.3. The Morgan fingerprint density at radius 3 is 2.83 bits per heavy atom. The fourth-order valence-corrected chi connectivity index (χ4v) is 1.52. The Kier molecular flexibility index (Phi) is 5.80. The van der Waals surface area contributed by atoms with Crippen molar-refractivity contribution in [2.24, 2.45) is 0 Å². The Morgan fingerprint density at radius 1 is 1.56 bits per heavy atom. The molecule has 1 aromatic rings. The minimum absolute atomic E-state index is 0.0674. The minimum Gasteiger partial charge on any atom is -0.444 e. The molecular weight excluding hydrogens is 234 g/mol. The summed E-state index contributed by atoms with van der Waals surface area (Å²) in [4.78, 5) is 15.8. The Labute approximate surface area is 107 Å². The fraction of sp³-hybridized carbons (Fsp3) is 0.667. The highest BCUT2D eigenvalue weighted by Crippen LogP contribution is 2.12. The quantitative estimate of drug-likeness (QED) is 0.704. The molecule has 0 aliphatic carbocycles. The van der Waals surface area contributed by atoms with Gasteiger partial charge in [0.05, 0.1) is 24.9 Å². The molecule has 1 aromatic heterocycles. The third kappa shape index (κ3) is 4.46. The summed E-state index contributed by atoms with van der Waals surface area (Å²) in [6, 6.07) is -0.425. The highest BCUT2D eigenvalue weighted by atomic mass is 16.5. The number of aryl methyl sites for hydroxylation is 1. The zero-order valence-corrected chi connectivity index (χ0v) is 11.3. The number of hydrogen-bond acceptors (Lipinski definition) is 5. The second-order valence-electron chi connectivity index (χ2n) is 4.20. The highest BCUT2D eigenvalue weighted by Gasteiger charge is 2.18. The van der Waals surface area contributed by atoms with Crippen LogP contribution < -0.4 is 10.6 Å². The average Bonchev–Trinajstić information content (AvgIpc) is 2.76. The van der Waals surface area contributed by atoms with Gasteiger partial charge in [0.25, 0.3) is 0 Å². The van der Waals surface area contributed by atoms with Gasteiger partial charge in [0.1, 0.15) is 5.76 Å². The lowest BCUT2D eigenvalue weighted by molar-refractivity contribution is -0.123. The van der Waals surface area contributed by atoms with E-state index in [1.54, 1.807) is 20.2 Å². The average molecular weight is 255 g/mol. The summed E-state index contributed by atoms with van der Waals surface area (Å²) in [7, 11) is 1.60. The van der Waals surface area contributed by atoms with Crippen molar-refractivity contribution in [3.63, 3.8) is 0 Å². The van der Waals surface area contributed by atoms with Gasteiger partial charge in [0, 0.05) is 13.7 Å². The van der Waals surface area contributed by atoms with Gasteiger partial charge in [-0.1, -0.05) is 0 Å². The first-order chi connectivity index (χ1) is 8.54. The number of methoxy groups -OCH3 is 1. The first-order valence-corrected chi connectivity index (χ1v) is 5.99. The van der Waals surface area contributed by atoms with Crippen LogP contribution in [0.15, 0.2) is 10.6 Å². The number of carbonyl (C=O) groups excluding carboxylic acids is 1. The van der Waals surface area contributed by atoms with Crippen LogP contribution in [0.5, 0.6) is 0 Å². The second kappa shape index (κ2) is 7.13. The predicted octanol–water partition coefficient (Wildman–Crippen LogP) is 0.785. The Morgan fingerprint density at radius 2 is 2.28 bits per heavy atom. The van der Waals surface area contributed by atoms with Crippen LogP contribution in [0.25, 0.3) is 0 Å². The largest absolute Gasteiger partial charge is 0.444 e. The molecule has 1 amide bonds. The first-order valence-electron chi connectivity index (χ1n) is 5.99. The van der Waals surface area contributed by atoms with Gasteiger partial charge in [-0.25, -0.2) is 4.98 Å². The lowest BCUT2D eigenvalue weighted by Crippen LogP contribution is -2.44. The van der Waals surface area contributed by atoms with Crippen LogP contribution in [0.2, 0.25) is 0 Å². The van der Waals surface area contributed by atoms with Crippen molar-refractivity contribution in [2.45, 2.75) is 32.9 Å². The van der Waals surface area contributed by atoms with E-state index in [0.717, 1.165) is 5.76 Å². The first kappa shape index (κ1) is 14.7. The standard InChI is InChI=1S/C12H21N3O3/c1-8-7-14-12(18-8)10(3)15-9(2)11(16)13-5-6-17-4/h7,9-10,15H,5-6H2,1-4H3,(H,13,16). The maximum Gasteiger partial charge on any atom is 0.236 e. The number of nitrogens with zero attached hydrogens (tertiary/aromatic N) is 1. The van der Waals surface area contributed by atoms with Crippen molar-refractivity contribution in [2.75, 3.05) is 20.3 Å². The molecule has 2 unspecified atom stereocenters. The molecule has 0 fully saturated rings. The van der Waals surface area contributed by atoms with Gasteiger partial charge < -0.3 is 14.5 Å². The van der Waals surface area contributed by atoms with E-state index in [2.05, 4.69) is 15.6 Å². The maximum absolute atomic E-state index is 11.7. The SMILES string of the molecule is COCCNC(=O)C(C)NC(C)c1ncc(C)o1. The molecule has 102 valence electrons. The lowest BCUT2D eigenvalue weighted by atomic mass is 10.2. The van der Waals surface area contributed by atoms with Crippen molar-refractivity contribution in [3.8, 4) is 0 Å². The fourth-order valence-electron chi connectivity index (χ4n) is 1.52. The van der Waals surface area contributed by atoms with Crippen molar-refractivity contribution >= 4 is 5.91 Å². The normalized spacial score (nSPS) is 14.2. The third-order valence-corrected chi connectivity index (χ3v) is 2.51. The van der Waals surface area contributed by atoms with E-state index in [1.165, 1.54) is 0 Å². The van der Waals surface area contributed by atoms with Crippen LogP contribution in [0.3, 0.4) is 0 Å². The number of hydrogen-bond donors (Lipinski definition) is 2. The van der Waals surface area contributed by atoms with E-state index < -0.39 is 0 Å². The molecule has 1 heterocycles. The smallest absolute Gasteiger partial charge is 0.236 e. The van der Waals surface area contributed by atoms with Gasteiger partial charge in [-0.2, -0.15) is 0 Å². The van der Waals surface area contributed by atoms with E-state index in [4.69, 9.17) is 9.15 Å². The molecule has 2 atom stereocenters. The van der Waals surface area contributed by atoms with Gasteiger partial charge in [-0.3, -0.25) is 10.1 Å². The lowest BCUT2D eigenvalue weighted by Gasteiger charge is -2.17. The summed E-state index contributed by atoms with van der Waals surface area (Å²) in [5, 5.41) is 5.89. The van der Waals surface area contributed by atoms with Gasteiger partial charge in [0.2, 0.25) is 11.8 Å². The molecule has 0 saturated carbocycles. The van der Waals surface area contributed by atoms with E-state index in [1.807, 2.05) is 13.8 Å². The van der Waals surface area contributed by atoms with E-state index in [-0.39, 0.29) is 18.0 Å². The number of rotatable bonds is 7. The molecule has 1 rings (SSSR count). The number of aromatic nitrogens is 1. The molecule has 6 heteroatoms. The monoisotopic (exact) mass is 255 g/mol. The third-order valence-electron chi connectivity index (χ3n) is 2.51. The zero-order chi connectivity index (χ0) is 13.5. The number of carbonyl (C=O) groups is 1. The predicted molar refractivity (Wildman–Crippen MR) is 67.1 cm³/mol. The van der Waals surface area contributed by atoms with Crippen molar-refractivity contribution < 1.29 is 13.9 Å². The maximum atomic E-state index is 11.7. The van der Waals surface area contributed by atoms with Crippen LogP contribution in [-0.2, 0) is 9.53 Å². The Hall–Kier alpha value is -1.40. The molecule has 0 bridgehead atoms. The van der Waals surface area contributed by atoms with Gasteiger partial charge in [-0.05, 0) is 20.8 Å². The molecule has 0 saturated heterocycles. The summed E-state index contributed by atoms with van der Waals surface area (Å²) >= 11 is 0. The molecule has 2 N–H and O–H groups in total. The van der Waals surface area contributed by atoms with Gasteiger partial charge in [0.15, 0.2) is 0 Å². The van der Waals surface area contributed by atoms with Crippen LogP contribution >= 0.6 is 0 Å². The molecule has 0 radical (unpaired) electrons. The number of oxazole rings is 1. The van der Waals surface area contributed by atoms with E-state index >= 15 is 0 Å². The van der Waals surface area contributed by atoms with E-state index in [0.29, 0.717) is 19.0 Å². The Balaban J connectivity index is 2.39. The summed E-state index contributed by atoms with van der Waals surface area (Å²) in [6.45, 7) is 6.56. The van der Waals surface area contributed by atoms with Crippen LogP contribution in [0, 0.1) is 6.92 Å². The summed E-state index contributed by atoms with van der Waals surface area (Å²) < 4.78 is 10.3. The molecular formula is C12H21N3O3. The molecule has 18 heavy (non-hydrogen) atoms. The van der Waals surface area contributed by atoms with E-state index in [9.17, 15) is 4.79 Å². The number of ether oxygens (including phenoxy) is 1. The number of nitrogens with one attached hydrogen (secondary N) is 2. The van der Waals surface area contributed by atoms with Crippen molar-refractivity contribution in [1.29, 1.82) is 0 Å². The van der Waals surface area contributed by atoms with Crippen LogP contribution in [0.4, 0.5) is 0 Å². The minimum atomic E-state index is -0.316. The molecule has 0 spiro atoms. The molecule has 6 nitrogen and oxygen atoms in total. The summed E-state index contributed by atoms with van der Waals surface area (Å²) in [5.41, 5.74) is 0. The van der Waals surface area contributed by atoms with Crippen molar-refractivity contribution in [3.05, 3.63) is 17.8 Å². The van der Waals surface area contributed by atoms with Gasteiger partial charge >= 0.3 is 0 Å². The number of amides is 1. The summed E-state index contributed by atoms with van der Waals surface area (Å²) in [5.74, 6) is 1.28. The molecule has 0 aliphatic rings. The van der Waals surface area contributed by atoms with Gasteiger partial charge in [-0.15, -0.1) is 0 Å². The topological polar surface area (TPSA) is 76.4 Å². The Bertz CT molecular complexity index is 378. The highest BCUT2D eigenvalue weighted by molar-refractivity contribution is 5.81. The summed E-state index contributed by atoms with van der Waals surface area (Å²) in [6.07, 6.45) is 1.66.